The van der Waals surface area contributed by atoms with Gasteiger partial charge < -0.3 is 19.5 Å². The lowest BCUT2D eigenvalue weighted by Gasteiger charge is -2.19. The van der Waals surface area contributed by atoms with E-state index in [1.54, 1.807) is 56.3 Å². The number of hydrogen-bond acceptors (Lipinski definition) is 11. The lowest BCUT2D eigenvalue weighted by molar-refractivity contribution is -0.105. The molecule has 0 saturated carbocycles. The van der Waals surface area contributed by atoms with Gasteiger partial charge in [-0.25, -0.2) is 14.4 Å². The van der Waals surface area contributed by atoms with Crippen LogP contribution in [-0.4, -0.2) is 44.0 Å². The lowest BCUT2D eigenvalue weighted by atomic mass is 10.1. The highest BCUT2D eigenvalue weighted by Gasteiger charge is 2.18. The van der Waals surface area contributed by atoms with Crippen LogP contribution in [0.25, 0.3) is 0 Å². The Labute approximate surface area is 264 Å². The van der Waals surface area contributed by atoms with Crippen molar-refractivity contribution in [1.29, 1.82) is 0 Å². The van der Waals surface area contributed by atoms with E-state index in [-0.39, 0.29) is 42.4 Å². The average Bonchev–Trinajstić information content (AvgIpc) is 3.03. The van der Waals surface area contributed by atoms with Gasteiger partial charge in [-0.2, -0.15) is 0 Å². The summed E-state index contributed by atoms with van der Waals surface area (Å²) in [7, 11) is 0. The number of amides is 4. The number of ether oxygens (including phenoxy) is 3. The number of nitroso groups, excluding NO2 is 2. The van der Waals surface area contributed by atoms with Gasteiger partial charge in [-0.1, -0.05) is 18.2 Å². The van der Waals surface area contributed by atoms with E-state index in [2.05, 4.69) is 31.6 Å². The first kappa shape index (κ1) is 34.6. The predicted octanol–water partition coefficient (Wildman–Crippen LogP) is 7.56. The summed E-state index contributed by atoms with van der Waals surface area (Å²) in [6, 6.07) is 14.2. The summed E-state index contributed by atoms with van der Waals surface area (Å²) in [5.74, 6) is 0. The van der Waals surface area contributed by atoms with E-state index in [9.17, 15) is 29.0 Å². The van der Waals surface area contributed by atoms with Crippen LogP contribution in [0.3, 0.4) is 0 Å². The zero-order chi connectivity index (χ0) is 33.5. The molecule has 3 rings (SSSR count). The Bertz CT molecular complexity index is 1580. The molecule has 0 radical (unpaired) electrons. The largest absolute Gasteiger partial charge is 0.449 e. The molecule has 1 unspecified atom stereocenters. The minimum Gasteiger partial charge on any atom is -0.449 e. The number of anilines is 4. The first-order chi connectivity index (χ1) is 22.1. The fourth-order valence-corrected chi connectivity index (χ4v) is 4.08. The Kier molecular flexibility index (Phi) is 13.1. The number of rotatable bonds is 15. The molecule has 46 heavy (non-hydrogen) atoms. The zero-order valence-corrected chi connectivity index (χ0v) is 25.5. The molecule has 0 aliphatic heterocycles. The second-order valence-corrected chi connectivity index (χ2v) is 10.1. The van der Waals surface area contributed by atoms with Gasteiger partial charge in [0.15, 0.2) is 0 Å². The highest BCUT2D eigenvalue weighted by molar-refractivity contribution is 5.87. The SMILES string of the molecule is Cc1ccc(NC(=O)OCC(CCCCOC(=O)Nc2ccc(C)c(NC=O)c2)OC(=O)Nc2ccc(C)c(N=O)c2)cc1N=O. The Morgan fingerprint density at radius 3 is 1.80 bits per heavy atom. The van der Waals surface area contributed by atoms with E-state index in [1.165, 1.54) is 12.1 Å². The van der Waals surface area contributed by atoms with Crippen LogP contribution >= 0.6 is 0 Å². The molecule has 3 aromatic rings. The van der Waals surface area contributed by atoms with E-state index in [1.807, 2.05) is 6.92 Å². The van der Waals surface area contributed by atoms with Gasteiger partial charge in [0.2, 0.25) is 6.41 Å². The number of nitrogens with one attached hydrogen (secondary N) is 4. The Morgan fingerprint density at radius 2 is 1.24 bits per heavy atom. The molecule has 0 spiro atoms. The summed E-state index contributed by atoms with van der Waals surface area (Å²) >= 11 is 0. The molecule has 4 amide bonds. The smallest absolute Gasteiger partial charge is 0.412 e. The number of hydrogen-bond donors (Lipinski definition) is 4. The van der Waals surface area contributed by atoms with E-state index in [4.69, 9.17) is 14.2 Å². The van der Waals surface area contributed by atoms with Crippen LogP contribution in [0, 0.1) is 30.6 Å². The Morgan fingerprint density at radius 1 is 0.717 bits per heavy atom. The van der Waals surface area contributed by atoms with Crippen molar-refractivity contribution >= 4 is 58.8 Å². The van der Waals surface area contributed by atoms with Crippen molar-refractivity contribution in [2.24, 2.45) is 10.4 Å². The van der Waals surface area contributed by atoms with Crippen molar-refractivity contribution in [2.75, 3.05) is 34.5 Å². The summed E-state index contributed by atoms with van der Waals surface area (Å²) in [5, 5.41) is 16.0. The van der Waals surface area contributed by atoms with E-state index < -0.39 is 24.4 Å². The van der Waals surface area contributed by atoms with E-state index in [0.29, 0.717) is 41.8 Å². The molecule has 0 saturated heterocycles. The normalized spacial score (nSPS) is 10.9. The summed E-state index contributed by atoms with van der Waals surface area (Å²) in [6.07, 6.45) is -1.70. The molecule has 0 bridgehead atoms. The second kappa shape index (κ2) is 17.4. The molecule has 0 aromatic heterocycles. The van der Waals surface area contributed by atoms with E-state index >= 15 is 0 Å². The van der Waals surface area contributed by atoms with Crippen LogP contribution in [-0.2, 0) is 19.0 Å². The maximum absolute atomic E-state index is 12.6. The van der Waals surface area contributed by atoms with Gasteiger partial charge in [-0.05, 0) is 103 Å². The molecule has 15 nitrogen and oxygen atoms in total. The third-order valence-corrected chi connectivity index (χ3v) is 6.63. The maximum Gasteiger partial charge on any atom is 0.412 e. The second-order valence-electron chi connectivity index (χ2n) is 10.1. The molecule has 0 aliphatic rings. The van der Waals surface area contributed by atoms with Crippen molar-refractivity contribution in [3.63, 3.8) is 0 Å². The maximum atomic E-state index is 12.6. The van der Waals surface area contributed by atoms with Crippen molar-refractivity contribution < 1.29 is 33.4 Å². The lowest BCUT2D eigenvalue weighted by Crippen LogP contribution is -2.29. The van der Waals surface area contributed by atoms with Crippen molar-refractivity contribution in [2.45, 2.75) is 46.1 Å². The van der Waals surface area contributed by atoms with Crippen LogP contribution in [0.2, 0.25) is 0 Å². The van der Waals surface area contributed by atoms with Gasteiger partial charge in [-0.15, -0.1) is 9.81 Å². The summed E-state index contributed by atoms with van der Waals surface area (Å²) in [5.41, 5.74) is 3.95. The molecule has 242 valence electrons. The highest BCUT2D eigenvalue weighted by atomic mass is 16.6. The molecule has 0 aliphatic carbocycles. The molecular formula is C31H34N6O9. The van der Waals surface area contributed by atoms with Crippen LogP contribution in [0.4, 0.5) is 48.5 Å². The van der Waals surface area contributed by atoms with Gasteiger partial charge in [0, 0.05) is 22.7 Å². The van der Waals surface area contributed by atoms with Crippen LogP contribution in [0.15, 0.2) is 65.0 Å². The molecular weight excluding hydrogens is 600 g/mol. The molecule has 4 N–H and O–H groups in total. The highest BCUT2D eigenvalue weighted by Crippen LogP contribution is 2.24. The van der Waals surface area contributed by atoms with Crippen molar-refractivity contribution in [1.82, 2.24) is 0 Å². The number of carbonyl (C=O) groups is 4. The third-order valence-electron chi connectivity index (χ3n) is 6.63. The quantitative estimate of drug-likeness (QED) is 0.0563. The number of nitrogens with zero attached hydrogens (tertiary/aromatic N) is 2. The van der Waals surface area contributed by atoms with Gasteiger partial charge >= 0.3 is 18.3 Å². The molecule has 0 fully saturated rings. The van der Waals surface area contributed by atoms with Crippen LogP contribution in [0.1, 0.15) is 36.0 Å². The minimum absolute atomic E-state index is 0.0444. The third kappa shape index (κ3) is 11.0. The average molecular weight is 635 g/mol. The predicted molar refractivity (Wildman–Crippen MR) is 172 cm³/mol. The van der Waals surface area contributed by atoms with Gasteiger partial charge in [-0.3, -0.25) is 20.7 Å². The minimum atomic E-state index is -0.893. The zero-order valence-electron chi connectivity index (χ0n) is 25.5. The molecule has 0 heterocycles. The van der Waals surface area contributed by atoms with Gasteiger partial charge in [0.05, 0.1) is 6.61 Å². The van der Waals surface area contributed by atoms with Gasteiger partial charge in [0.25, 0.3) is 0 Å². The Hall–Kier alpha value is -5.86. The van der Waals surface area contributed by atoms with Crippen LogP contribution < -0.4 is 21.3 Å². The molecule has 1 atom stereocenters. The number of carbonyl (C=O) groups excluding carboxylic acids is 4. The topological polar surface area (TPSA) is 203 Å². The van der Waals surface area contributed by atoms with Crippen molar-refractivity contribution in [3.8, 4) is 0 Å². The number of unbranched alkanes of at least 4 members (excludes halogenated alkanes) is 1. The monoisotopic (exact) mass is 634 g/mol. The fraction of sp³-hybridized carbons (Fsp3) is 0.290. The van der Waals surface area contributed by atoms with Crippen LogP contribution in [0.5, 0.6) is 0 Å². The Balaban J connectivity index is 1.53. The molecule has 3 aromatic carbocycles. The van der Waals surface area contributed by atoms with Gasteiger partial charge in [0.1, 0.15) is 24.1 Å². The summed E-state index contributed by atoms with van der Waals surface area (Å²) in [4.78, 5) is 70.0. The van der Waals surface area contributed by atoms with Crippen molar-refractivity contribution in [3.05, 3.63) is 81.1 Å². The molecule has 15 heteroatoms. The van der Waals surface area contributed by atoms with E-state index in [0.717, 1.165) is 5.56 Å². The summed E-state index contributed by atoms with van der Waals surface area (Å²) in [6.45, 7) is 4.93. The summed E-state index contributed by atoms with van der Waals surface area (Å²) < 4.78 is 16.0. The standard InChI is InChI=1S/C31H34N6O9/c1-19-7-10-22(14-26(19)32-18-38)33-29(39)44-13-5-4-6-25(46-31(41)35-24-12-9-21(3)28(16-24)37-43)17-45-30(40)34-23-11-8-20(2)27(15-23)36-42/h7-12,14-16,18,25H,4-6,13,17H2,1-3H3,(H,32,38)(H,33,39)(H,34,40)(H,35,41). The number of benzene rings is 3. The first-order valence-electron chi connectivity index (χ1n) is 14.2. The number of aryl methyl sites for hydroxylation is 3. The first-order valence-corrected chi connectivity index (χ1v) is 14.2. The fourth-order valence-electron chi connectivity index (χ4n) is 4.08.